The van der Waals surface area contributed by atoms with Crippen molar-refractivity contribution in [1.82, 2.24) is 20.5 Å². The van der Waals surface area contributed by atoms with Gasteiger partial charge in [0.1, 0.15) is 5.82 Å². The SMILES string of the molecule is Cc1n[nH]c(C)c1CCNC(=O)c1ccc(N)nc1. The molecule has 4 N–H and O–H groups in total. The van der Waals surface area contributed by atoms with Gasteiger partial charge in [-0.2, -0.15) is 5.10 Å². The van der Waals surface area contributed by atoms with Crippen LogP contribution in [-0.4, -0.2) is 27.6 Å². The first kappa shape index (κ1) is 13.1. The third-order valence-corrected chi connectivity index (χ3v) is 2.99. The summed E-state index contributed by atoms with van der Waals surface area (Å²) in [5.41, 5.74) is 9.14. The minimum Gasteiger partial charge on any atom is -0.384 e. The van der Waals surface area contributed by atoms with E-state index in [0.717, 1.165) is 23.4 Å². The van der Waals surface area contributed by atoms with Crippen LogP contribution < -0.4 is 11.1 Å². The quantitative estimate of drug-likeness (QED) is 0.762. The van der Waals surface area contributed by atoms with Gasteiger partial charge >= 0.3 is 0 Å². The molecule has 0 aliphatic rings. The summed E-state index contributed by atoms with van der Waals surface area (Å²) in [6, 6.07) is 3.27. The highest BCUT2D eigenvalue weighted by molar-refractivity contribution is 5.93. The number of nitrogen functional groups attached to an aromatic ring is 1. The second kappa shape index (κ2) is 5.51. The average Bonchev–Trinajstić information content (AvgIpc) is 2.71. The second-order valence-corrected chi connectivity index (χ2v) is 4.39. The number of aromatic amines is 1. The van der Waals surface area contributed by atoms with Crippen molar-refractivity contribution >= 4 is 11.7 Å². The monoisotopic (exact) mass is 259 g/mol. The summed E-state index contributed by atoms with van der Waals surface area (Å²) < 4.78 is 0. The number of nitrogens with two attached hydrogens (primary N) is 1. The van der Waals surface area contributed by atoms with Gasteiger partial charge in [-0.3, -0.25) is 9.89 Å². The van der Waals surface area contributed by atoms with Crippen LogP contribution >= 0.6 is 0 Å². The summed E-state index contributed by atoms with van der Waals surface area (Å²) in [7, 11) is 0. The van der Waals surface area contributed by atoms with Gasteiger partial charge in [0.2, 0.25) is 0 Å². The lowest BCUT2D eigenvalue weighted by Gasteiger charge is -2.05. The van der Waals surface area contributed by atoms with Crippen LogP contribution in [0.5, 0.6) is 0 Å². The molecule has 0 fully saturated rings. The Morgan fingerprint density at radius 3 is 2.79 bits per heavy atom. The molecule has 0 aliphatic heterocycles. The Kier molecular flexibility index (Phi) is 3.79. The number of aryl methyl sites for hydroxylation is 2. The van der Waals surface area contributed by atoms with Crippen LogP contribution in [0.25, 0.3) is 0 Å². The molecule has 0 aromatic carbocycles. The summed E-state index contributed by atoms with van der Waals surface area (Å²) in [6.45, 7) is 4.48. The Bertz CT molecular complexity index is 554. The van der Waals surface area contributed by atoms with Crippen LogP contribution in [0.2, 0.25) is 0 Å². The third kappa shape index (κ3) is 3.09. The smallest absolute Gasteiger partial charge is 0.252 e. The molecule has 0 bridgehead atoms. The molecule has 6 nitrogen and oxygen atoms in total. The van der Waals surface area contributed by atoms with E-state index >= 15 is 0 Å². The second-order valence-electron chi connectivity index (χ2n) is 4.39. The van der Waals surface area contributed by atoms with E-state index in [9.17, 15) is 4.79 Å². The summed E-state index contributed by atoms with van der Waals surface area (Å²) in [6.07, 6.45) is 2.22. The van der Waals surface area contributed by atoms with Crippen molar-refractivity contribution in [1.29, 1.82) is 0 Å². The van der Waals surface area contributed by atoms with E-state index in [2.05, 4.69) is 20.5 Å². The fourth-order valence-electron chi connectivity index (χ4n) is 1.89. The summed E-state index contributed by atoms with van der Waals surface area (Å²) in [5.74, 6) is 0.257. The maximum atomic E-state index is 11.8. The standard InChI is InChI=1S/C13H17N5O/c1-8-11(9(2)18-17-8)5-6-15-13(19)10-3-4-12(14)16-7-10/h3-4,7H,5-6H2,1-2H3,(H2,14,16)(H,15,19)(H,17,18). The largest absolute Gasteiger partial charge is 0.384 e. The molecule has 2 aromatic heterocycles. The van der Waals surface area contributed by atoms with Crippen LogP contribution in [0.3, 0.4) is 0 Å². The number of rotatable bonds is 4. The zero-order chi connectivity index (χ0) is 13.8. The van der Waals surface area contributed by atoms with Crippen LogP contribution in [0.15, 0.2) is 18.3 Å². The predicted molar refractivity (Wildman–Crippen MR) is 72.7 cm³/mol. The summed E-state index contributed by atoms with van der Waals surface area (Å²) in [4.78, 5) is 15.7. The molecule has 0 saturated carbocycles. The van der Waals surface area contributed by atoms with Gasteiger partial charge in [0.25, 0.3) is 5.91 Å². The fourth-order valence-corrected chi connectivity index (χ4v) is 1.89. The van der Waals surface area contributed by atoms with Gasteiger partial charge in [-0.05, 0) is 38.0 Å². The van der Waals surface area contributed by atoms with Crippen molar-refractivity contribution < 1.29 is 4.79 Å². The molecule has 0 unspecified atom stereocenters. The Morgan fingerprint density at radius 1 is 1.42 bits per heavy atom. The molecule has 0 aliphatic carbocycles. The highest BCUT2D eigenvalue weighted by Crippen LogP contribution is 2.09. The van der Waals surface area contributed by atoms with Gasteiger partial charge in [0.05, 0.1) is 11.3 Å². The molecule has 6 heteroatoms. The number of nitrogens with zero attached hydrogens (tertiary/aromatic N) is 2. The van der Waals surface area contributed by atoms with Crippen molar-refractivity contribution in [2.45, 2.75) is 20.3 Å². The van der Waals surface area contributed by atoms with E-state index in [1.165, 1.54) is 6.20 Å². The number of carbonyl (C=O) groups is 1. The minimum absolute atomic E-state index is 0.147. The molecule has 2 aromatic rings. The number of amides is 1. The van der Waals surface area contributed by atoms with Crippen molar-refractivity contribution in [3.63, 3.8) is 0 Å². The van der Waals surface area contributed by atoms with E-state index in [-0.39, 0.29) is 5.91 Å². The highest BCUT2D eigenvalue weighted by atomic mass is 16.1. The molecule has 0 spiro atoms. The van der Waals surface area contributed by atoms with Crippen LogP contribution in [0.4, 0.5) is 5.82 Å². The van der Waals surface area contributed by atoms with Crippen molar-refractivity contribution in [2.75, 3.05) is 12.3 Å². The zero-order valence-corrected chi connectivity index (χ0v) is 11.0. The number of aromatic nitrogens is 3. The van der Waals surface area contributed by atoms with Crippen LogP contribution in [0, 0.1) is 13.8 Å². The van der Waals surface area contributed by atoms with E-state index < -0.39 is 0 Å². The Balaban J connectivity index is 1.89. The molecule has 2 rings (SSSR count). The van der Waals surface area contributed by atoms with Crippen molar-refractivity contribution in [2.24, 2.45) is 0 Å². The van der Waals surface area contributed by atoms with Crippen molar-refractivity contribution in [3.8, 4) is 0 Å². The predicted octanol–water partition coefficient (Wildman–Crippen LogP) is 0.976. The average molecular weight is 259 g/mol. The number of hydrogen-bond donors (Lipinski definition) is 3. The molecule has 0 saturated heterocycles. The number of anilines is 1. The normalized spacial score (nSPS) is 10.4. The fraction of sp³-hybridized carbons (Fsp3) is 0.308. The Labute approximate surface area is 111 Å². The molecular formula is C13H17N5O. The van der Waals surface area contributed by atoms with Gasteiger partial charge in [-0.15, -0.1) is 0 Å². The van der Waals surface area contributed by atoms with Crippen molar-refractivity contribution in [3.05, 3.63) is 40.8 Å². The first-order chi connectivity index (χ1) is 9.08. The molecule has 0 atom stereocenters. The Morgan fingerprint density at radius 2 is 2.21 bits per heavy atom. The first-order valence-electron chi connectivity index (χ1n) is 6.08. The van der Waals surface area contributed by atoms with Gasteiger partial charge in [-0.25, -0.2) is 4.98 Å². The molecule has 100 valence electrons. The maximum absolute atomic E-state index is 11.8. The van der Waals surface area contributed by atoms with Gasteiger partial charge in [-0.1, -0.05) is 0 Å². The molecule has 1 amide bonds. The number of hydrogen-bond acceptors (Lipinski definition) is 4. The number of nitrogens with one attached hydrogen (secondary N) is 2. The Hall–Kier alpha value is -2.37. The van der Waals surface area contributed by atoms with E-state index in [4.69, 9.17) is 5.73 Å². The third-order valence-electron chi connectivity index (χ3n) is 2.99. The lowest BCUT2D eigenvalue weighted by molar-refractivity contribution is 0.0954. The zero-order valence-electron chi connectivity index (χ0n) is 11.0. The molecular weight excluding hydrogens is 242 g/mol. The van der Waals surface area contributed by atoms with Gasteiger partial charge < -0.3 is 11.1 Å². The van der Waals surface area contributed by atoms with Gasteiger partial charge in [0, 0.05) is 18.4 Å². The summed E-state index contributed by atoms with van der Waals surface area (Å²) >= 11 is 0. The van der Waals surface area contributed by atoms with Crippen LogP contribution in [0.1, 0.15) is 27.3 Å². The molecule has 2 heterocycles. The maximum Gasteiger partial charge on any atom is 0.252 e. The number of carbonyl (C=O) groups excluding carboxylic acids is 1. The van der Waals surface area contributed by atoms with E-state index in [1.807, 2.05) is 13.8 Å². The number of pyridine rings is 1. The molecule has 19 heavy (non-hydrogen) atoms. The van der Waals surface area contributed by atoms with E-state index in [0.29, 0.717) is 17.9 Å². The molecule has 0 radical (unpaired) electrons. The lowest BCUT2D eigenvalue weighted by atomic mass is 10.1. The topological polar surface area (TPSA) is 96.7 Å². The van der Waals surface area contributed by atoms with E-state index in [1.54, 1.807) is 12.1 Å². The first-order valence-corrected chi connectivity index (χ1v) is 6.08. The van der Waals surface area contributed by atoms with Gasteiger partial charge in [0.15, 0.2) is 0 Å². The highest BCUT2D eigenvalue weighted by Gasteiger charge is 2.08. The minimum atomic E-state index is -0.147. The summed E-state index contributed by atoms with van der Waals surface area (Å²) in [5, 5.41) is 9.90. The number of H-pyrrole nitrogens is 1. The lowest BCUT2D eigenvalue weighted by Crippen LogP contribution is -2.26. The van der Waals surface area contributed by atoms with Crippen LogP contribution in [-0.2, 0) is 6.42 Å².